The van der Waals surface area contributed by atoms with Gasteiger partial charge < -0.3 is 10.4 Å². The van der Waals surface area contributed by atoms with Crippen LogP contribution in [0.5, 0.6) is 0 Å². The largest absolute Gasteiger partial charge is 0.478 e. The Balaban J connectivity index is 2.30. The number of carbonyl (C=O) groups is 1. The van der Waals surface area contributed by atoms with Crippen molar-refractivity contribution in [2.45, 2.75) is 50.6 Å². The van der Waals surface area contributed by atoms with Crippen LogP contribution in [0.4, 0.5) is 5.69 Å². The van der Waals surface area contributed by atoms with Crippen LogP contribution in [0.2, 0.25) is 0 Å². The van der Waals surface area contributed by atoms with Gasteiger partial charge in [-0.1, -0.05) is 43.7 Å². The Morgan fingerprint density at radius 3 is 2.37 bits per heavy atom. The van der Waals surface area contributed by atoms with Gasteiger partial charge in [0, 0.05) is 17.8 Å². The summed E-state index contributed by atoms with van der Waals surface area (Å²) in [6, 6.07) is 13.4. The van der Waals surface area contributed by atoms with Gasteiger partial charge in [0.15, 0.2) is 0 Å². The van der Waals surface area contributed by atoms with E-state index >= 15 is 0 Å². The van der Waals surface area contributed by atoms with Crippen LogP contribution in [0.3, 0.4) is 0 Å². The molecule has 0 aliphatic carbocycles. The van der Waals surface area contributed by atoms with Crippen LogP contribution in [0, 0.1) is 0 Å². The number of nitrogens with one attached hydrogen (secondary N) is 2. The van der Waals surface area contributed by atoms with Gasteiger partial charge in [-0.25, -0.2) is 17.9 Å². The summed E-state index contributed by atoms with van der Waals surface area (Å²) in [7, 11) is -3.78. The molecule has 0 bridgehead atoms. The van der Waals surface area contributed by atoms with Crippen molar-refractivity contribution in [1.82, 2.24) is 4.72 Å². The minimum Gasteiger partial charge on any atom is -0.478 e. The van der Waals surface area contributed by atoms with Crippen molar-refractivity contribution in [2.24, 2.45) is 0 Å². The van der Waals surface area contributed by atoms with Gasteiger partial charge in [0.2, 0.25) is 10.0 Å². The molecule has 2 rings (SSSR count). The van der Waals surface area contributed by atoms with Crippen LogP contribution in [-0.4, -0.2) is 25.5 Å². The molecule has 0 radical (unpaired) electrons. The summed E-state index contributed by atoms with van der Waals surface area (Å²) in [5.74, 6) is -1.18. The molecular weight excluding hydrogens is 364 g/mol. The number of carboxylic acids is 1. The number of carboxylic acid groups (broad SMARTS) is 1. The van der Waals surface area contributed by atoms with E-state index in [1.54, 1.807) is 6.92 Å². The molecule has 6 nitrogen and oxygen atoms in total. The fraction of sp³-hybridized carbons (Fsp3) is 0.350. The summed E-state index contributed by atoms with van der Waals surface area (Å²) >= 11 is 0. The van der Waals surface area contributed by atoms with E-state index in [0.717, 1.165) is 12.0 Å². The van der Waals surface area contributed by atoms with Crippen molar-refractivity contribution >= 4 is 21.7 Å². The van der Waals surface area contributed by atoms with Crippen LogP contribution in [0.25, 0.3) is 0 Å². The lowest BCUT2D eigenvalue weighted by Crippen LogP contribution is -2.32. The predicted molar refractivity (Wildman–Crippen MR) is 107 cm³/mol. The lowest BCUT2D eigenvalue weighted by molar-refractivity contribution is 0.0697. The minimum atomic E-state index is -3.78. The fourth-order valence-electron chi connectivity index (χ4n) is 2.88. The van der Waals surface area contributed by atoms with Crippen LogP contribution in [-0.2, 0) is 10.0 Å². The van der Waals surface area contributed by atoms with Crippen LogP contribution in [0.1, 0.15) is 55.6 Å². The van der Waals surface area contributed by atoms with Crippen molar-refractivity contribution < 1.29 is 18.3 Å². The van der Waals surface area contributed by atoms with E-state index in [2.05, 4.69) is 10.0 Å². The first-order valence-electron chi connectivity index (χ1n) is 8.95. The molecule has 0 saturated heterocycles. The number of aromatic carboxylic acids is 1. The molecule has 0 saturated carbocycles. The maximum atomic E-state index is 12.5. The Morgan fingerprint density at radius 2 is 1.78 bits per heavy atom. The molecule has 2 aromatic rings. The summed E-state index contributed by atoms with van der Waals surface area (Å²) in [5, 5.41) is 12.7. The molecule has 7 heteroatoms. The number of hydrogen-bond acceptors (Lipinski definition) is 4. The Bertz CT molecular complexity index is 882. The zero-order chi connectivity index (χ0) is 20.0. The molecule has 0 amide bonds. The molecule has 3 N–H and O–H groups in total. The molecule has 0 unspecified atom stereocenters. The Hall–Kier alpha value is -2.38. The van der Waals surface area contributed by atoms with Gasteiger partial charge in [0.25, 0.3) is 0 Å². The van der Waals surface area contributed by atoms with Gasteiger partial charge in [0.05, 0.1) is 10.5 Å². The van der Waals surface area contributed by atoms with Crippen molar-refractivity contribution in [3.05, 3.63) is 59.7 Å². The highest BCUT2D eigenvalue weighted by molar-refractivity contribution is 7.89. The second kappa shape index (κ2) is 9.01. The first-order chi connectivity index (χ1) is 12.7. The van der Waals surface area contributed by atoms with E-state index in [9.17, 15) is 18.3 Å². The van der Waals surface area contributed by atoms with Gasteiger partial charge in [-0.15, -0.1) is 0 Å². The molecule has 0 fully saturated rings. The van der Waals surface area contributed by atoms with E-state index in [1.807, 2.05) is 44.2 Å². The topological polar surface area (TPSA) is 95.5 Å². The quantitative estimate of drug-likeness (QED) is 0.601. The molecule has 0 spiro atoms. The van der Waals surface area contributed by atoms with E-state index in [0.29, 0.717) is 12.1 Å². The fourth-order valence-corrected chi connectivity index (χ4v) is 4.18. The molecule has 2 aromatic carbocycles. The third kappa shape index (κ3) is 5.55. The Morgan fingerprint density at radius 1 is 1.11 bits per heavy atom. The van der Waals surface area contributed by atoms with Crippen LogP contribution < -0.4 is 10.0 Å². The van der Waals surface area contributed by atoms with E-state index in [1.165, 1.54) is 18.2 Å². The average molecular weight is 391 g/mol. The minimum absolute atomic E-state index is 0.0548. The molecule has 0 aliphatic heterocycles. The Labute approximate surface area is 160 Å². The number of anilines is 1. The summed E-state index contributed by atoms with van der Waals surface area (Å²) in [4.78, 5) is 11.6. The van der Waals surface area contributed by atoms with Crippen molar-refractivity contribution in [2.75, 3.05) is 5.32 Å². The number of sulfonamides is 1. The standard InChI is InChI=1S/C20H26N2O4S/c1-4-8-14(2)22-27(25,26)17-11-12-19(18(13-17)20(23)24)21-15(3)16-9-6-5-7-10-16/h5-7,9-15,21-22H,4,8H2,1-3H3,(H,23,24)/t14-,15+/m0/s1. The van der Waals surface area contributed by atoms with Gasteiger partial charge in [-0.05, 0) is 44.0 Å². The third-order valence-electron chi connectivity index (χ3n) is 4.28. The lowest BCUT2D eigenvalue weighted by atomic mass is 10.1. The summed E-state index contributed by atoms with van der Waals surface area (Å²) in [6.45, 7) is 5.68. The Kier molecular flexibility index (Phi) is 6.98. The first kappa shape index (κ1) is 20.9. The molecule has 2 atom stereocenters. The lowest BCUT2D eigenvalue weighted by Gasteiger charge is -2.19. The zero-order valence-electron chi connectivity index (χ0n) is 15.8. The number of hydrogen-bond donors (Lipinski definition) is 3. The highest BCUT2D eigenvalue weighted by atomic mass is 32.2. The second-order valence-corrected chi connectivity index (χ2v) is 8.31. The molecule has 0 heterocycles. The normalized spacial score (nSPS) is 13.7. The molecule has 0 aromatic heterocycles. The first-order valence-corrected chi connectivity index (χ1v) is 10.4. The van der Waals surface area contributed by atoms with Crippen molar-refractivity contribution in [3.63, 3.8) is 0 Å². The van der Waals surface area contributed by atoms with Gasteiger partial charge in [-0.2, -0.15) is 0 Å². The maximum absolute atomic E-state index is 12.5. The summed E-state index contributed by atoms with van der Waals surface area (Å²) in [5.41, 5.74) is 1.30. The number of benzene rings is 2. The molecule has 146 valence electrons. The maximum Gasteiger partial charge on any atom is 0.337 e. The SMILES string of the molecule is CCC[C@H](C)NS(=O)(=O)c1ccc(N[C@H](C)c2ccccc2)c(C(=O)O)c1. The predicted octanol–water partition coefficient (Wildman–Crippen LogP) is 4.02. The second-order valence-electron chi connectivity index (χ2n) is 6.60. The van der Waals surface area contributed by atoms with Crippen LogP contribution >= 0.6 is 0 Å². The average Bonchev–Trinajstić information content (AvgIpc) is 2.62. The van der Waals surface area contributed by atoms with Gasteiger partial charge in [0.1, 0.15) is 0 Å². The smallest absolute Gasteiger partial charge is 0.337 e. The van der Waals surface area contributed by atoms with E-state index in [-0.39, 0.29) is 22.5 Å². The monoisotopic (exact) mass is 390 g/mol. The molecule has 0 aliphatic rings. The highest BCUT2D eigenvalue weighted by Crippen LogP contribution is 2.25. The van der Waals surface area contributed by atoms with Crippen molar-refractivity contribution in [1.29, 1.82) is 0 Å². The summed E-state index contributed by atoms with van der Waals surface area (Å²) < 4.78 is 27.6. The third-order valence-corrected chi connectivity index (χ3v) is 5.87. The molecular formula is C20H26N2O4S. The van der Waals surface area contributed by atoms with Gasteiger partial charge >= 0.3 is 5.97 Å². The van der Waals surface area contributed by atoms with Crippen LogP contribution in [0.15, 0.2) is 53.4 Å². The molecule has 27 heavy (non-hydrogen) atoms. The van der Waals surface area contributed by atoms with Crippen molar-refractivity contribution in [3.8, 4) is 0 Å². The van der Waals surface area contributed by atoms with Gasteiger partial charge in [-0.3, -0.25) is 0 Å². The summed E-state index contributed by atoms with van der Waals surface area (Å²) in [6.07, 6.45) is 1.56. The zero-order valence-corrected chi connectivity index (χ0v) is 16.6. The van der Waals surface area contributed by atoms with E-state index < -0.39 is 16.0 Å². The van der Waals surface area contributed by atoms with E-state index in [4.69, 9.17) is 0 Å². The highest BCUT2D eigenvalue weighted by Gasteiger charge is 2.21. The number of rotatable bonds is 9.